The van der Waals surface area contributed by atoms with E-state index in [9.17, 15) is 0 Å². The molecule has 2 bridgehead atoms. The second kappa shape index (κ2) is 11.1. The van der Waals surface area contributed by atoms with E-state index in [1.54, 1.807) is 21.2 Å². The first kappa shape index (κ1) is 29.4. The Morgan fingerprint density at radius 2 is 1.62 bits per heavy atom. The van der Waals surface area contributed by atoms with Crippen molar-refractivity contribution in [1.82, 2.24) is 0 Å². The third kappa shape index (κ3) is 4.76. The van der Waals surface area contributed by atoms with E-state index in [4.69, 9.17) is 0 Å². The molecule has 1 aliphatic carbocycles. The molecule has 3 aromatic carbocycles. The summed E-state index contributed by atoms with van der Waals surface area (Å²) in [5, 5.41) is 4.48. The van der Waals surface area contributed by atoms with Crippen molar-refractivity contribution in [2.45, 2.75) is 52.8 Å². The minimum absolute atomic E-state index is 0. The molecule has 175 valence electrons. The number of fused-ring (bicyclic) bond motifs is 1. The van der Waals surface area contributed by atoms with Crippen LogP contribution in [-0.4, -0.2) is 8.07 Å². The van der Waals surface area contributed by atoms with Crippen LogP contribution >= 0.6 is 11.3 Å². The molecule has 3 aliphatic rings. The SMILES string of the molecule is CC1=C2c3sc(C)cc3C1[Si]2(C)C.CCc1ccc(-c2cccc3[cH-]c(C)cc23)cc1.[Cl-].[Cl-].[Zr+3]. The van der Waals surface area contributed by atoms with E-state index >= 15 is 0 Å². The number of allylic oxidation sites excluding steroid dienone is 1. The molecular weight excluding hydrogens is 571 g/mol. The molecule has 1 aromatic heterocycles. The number of halogens is 2. The molecule has 0 amide bonds. The van der Waals surface area contributed by atoms with Gasteiger partial charge in [-0.25, -0.2) is 0 Å². The van der Waals surface area contributed by atoms with Gasteiger partial charge in [-0.2, -0.15) is 6.07 Å². The zero-order valence-corrected chi connectivity index (χ0v) is 26.5. The van der Waals surface area contributed by atoms with Crippen LogP contribution in [0.4, 0.5) is 0 Å². The number of aryl methyl sites for hydroxylation is 3. The molecular formula is C29H31Cl2SSiZr. The molecule has 1 unspecified atom stereocenters. The van der Waals surface area contributed by atoms with Crippen LogP contribution in [0.15, 0.2) is 66.2 Å². The number of thiophene rings is 1. The molecule has 0 nitrogen and oxygen atoms in total. The van der Waals surface area contributed by atoms with Crippen molar-refractivity contribution in [2.75, 3.05) is 0 Å². The summed E-state index contributed by atoms with van der Waals surface area (Å²) in [7, 11) is -0.995. The molecule has 1 atom stereocenters. The molecule has 0 fully saturated rings. The fraction of sp³-hybridized carbons (Fsp3) is 0.276. The summed E-state index contributed by atoms with van der Waals surface area (Å²) in [6, 6.07) is 22.4. The Hall–Kier alpha value is -0.830. The molecule has 5 heteroatoms. The molecule has 2 aliphatic heterocycles. The summed E-state index contributed by atoms with van der Waals surface area (Å²) in [6.45, 7) is 13.9. The van der Waals surface area contributed by atoms with Gasteiger partial charge in [0, 0.05) is 15.3 Å². The van der Waals surface area contributed by atoms with Crippen LogP contribution in [0.3, 0.4) is 0 Å². The zero-order chi connectivity index (χ0) is 21.9. The summed E-state index contributed by atoms with van der Waals surface area (Å²) in [4.78, 5) is 3.14. The molecule has 0 N–H and O–H groups in total. The van der Waals surface area contributed by atoms with Crippen LogP contribution in [-0.2, 0) is 32.6 Å². The maximum atomic E-state index is 2.52. The summed E-state index contributed by atoms with van der Waals surface area (Å²) >= 11 is 2.01. The maximum absolute atomic E-state index is 2.52. The predicted octanol–water partition coefficient (Wildman–Crippen LogP) is 2.83. The first-order valence-corrected chi connectivity index (χ1v) is 15.3. The van der Waals surface area contributed by atoms with E-state index in [2.05, 4.69) is 101 Å². The van der Waals surface area contributed by atoms with Crippen LogP contribution in [0, 0.1) is 13.8 Å². The van der Waals surface area contributed by atoms with E-state index in [1.165, 1.54) is 37.9 Å². The Morgan fingerprint density at radius 1 is 0.941 bits per heavy atom. The van der Waals surface area contributed by atoms with Crippen LogP contribution in [0.5, 0.6) is 0 Å². The molecule has 0 saturated heterocycles. The van der Waals surface area contributed by atoms with E-state index in [0.717, 1.165) is 12.0 Å². The smallest absolute Gasteiger partial charge is 1.00 e. The van der Waals surface area contributed by atoms with Crippen molar-refractivity contribution in [3.8, 4) is 11.1 Å². The zero-order valence-electron chi connectivity index (χ0n) is 20.7. The van der Waals surface area contributed by atoms with Crippen molar-refractivity contribution >= 4 is 35.4 Å². The van der Waals surface area contributed by atoms with Gasteiger partial charge in [0.25, 0.3) is 0 Å². The third-order valence-electron chi connectivity index (χ3n) is 7.18. The van der Waals surface area contributed by atoms with Crippen molar-refractivity contribution < 1.29 is 51.0 Å². The molecule has 3 heterocycles. The average molecular weight is 602 g/mol. The van der Waals surface area contributed by atoms with Crippen molar-refractivity contribution in [3.05, 3.63) is 92.7 Å². The van der Waals surface area contributed by atoms with Crippen molar-refractivity contribution in [1.29, 1.82) is 0 Å². The van der Waals surface area contributed by atoms with Gasteiger partial charge in [-0.05, 0) is 48.2 Å². The molecule has 34 heavy (non-hydrogen) atoms. The molecule has 1 radical (unpaired) electrons. The Bertz CT molecular complexity index is 1330. The van der Waals surface area contributed by atoms with Crippen LogP contribution < -0.4 is 24.8 Å². The van der Waals surface area contributed by atoms with Gasteiger partial charge in [-0.1, -0.05) is 68.4 Å². The first-order valence-electron chi connectivity index (χ1n) is 11.4. The standard InChI is InChI=1S/C18H17.C11H14SSi.2ClH.Zr/c1-3-14-7-9-15(10-8-14)17-6-4-5-16-11-13(2)12-18(16)17;1-6-5-8-9(12-6)11-7(2)10(8)13(11,3)4;;;/h4-12H,3H2,1-2H3;5,10H,1-4H3;2*1H;/q-1;;;;+3/p-2. The molecule has 4 aromatic rings. The normalized spacial score (nSPS) is 16.4. The van der Waals surface area contributed by atoms with Crippen LogP contribution in [0.25, 0.3) is 27.1 Å². The second-order valence-electron chi connectivity index (χ2n) is 9.75. The summed E-state index contributed by atoms with van der Waals surface area (Å²) in [5.41, 5.74) is 9.62. The second-order valence-corrected chi connectivity index (χ2v) is 15.5. The Labute approximate surface area is 241 Å². The van der Waals surface area contributed by atoms with Crippen molar-refractivity contribution in [3.63, 3.8) is 0 Å². The maximum Gasteiger partial charge on any atom is 3.00 e. The van der Waals surface area contributed by atoms with E-state index in [1.807, 2.05) is 11.3 Å². The van der Waals surface area contributed by atoms with E-state index in [0.29, 0.717) is 0 Å². The van der Waals surface area contributed by atoms with Gasteiger partial charge in [0.1, 0.15) is 0 Å². The fourth-order valence-corrected chi connectivity index (χ4v) is 12.1. The topological polar surface area (TPSA) is 0 Å². The predicted molar refractivity (Wildman–Crippen MR) is 141 cm³/mol. The van der Waals surface area contributed by atoms with Gasteiger partial charge < -0.3 is 24.8 Å². The van der Waals surface area contributed by atoms with Gasteiger partial charge in [0.15, 0.2) is 0 Å². The van der Waals surface area contributed by atoms with Gasteiger partial charge in [0.05, 0.1) is 8.07 Å². The Balaban J connectivity index is 0.000000229. The van der Waals surface area contributed by atoms with E-state index < -0.39 is 8.07 Å². The number of benzene rings is 2. The van der Waals surface area contributed by atoms with Gasteiger partial charge in [-0.3, -0.25) is 0 Å². The van der Waals surface area contributed by atoms with E-state index in [-0.39, 0.29) is 51.0 Å². The van der Waals surface area contributed by atoms with Gasteiger partial charge >= 0.3 is 26.2 Å². The number of rotatable bonds is 2. The largest absolute Gasteiger partial charge is 3.00 e. The quantitative estimate of drug-likeness (QED) is 0.245. The summed E-state index contributed by atoms with van der Waals surface area (Å²) in [6.07, 6.45) is 1.10. The minimum Gasteiger partial charge on any atom is -1.00 e. The monoisotopic (exact) mass is 599 g/mol. The Kier molecular flexibility index (Phi) is 9.56. The summed E-state index contributed by atoms with van der Waals surface area (Å²) < 4.78 is 0. The Morgan fingerprint density at radius 3 is 2.21 bits per heavy atom. The molecule has 7 rings (SSSR count). The fourth-order valence-electron chi connectivity index (χ4n) is 5.85. The molecule has 0 spiro atoms. The first-order chi connectivity index (χ1) is 14.8. The van der Waals surface area contributed by atoms with Gasteiger partial charge in [-0.15, -0.1) is 45.9 Å². The minimum atomic E-state index is -0.995. The molecule has 0 saturated carbocycles. The number of hydrogen-bond donors (Lipinski definition) is 0. The average Bonchev–Trinajstić information content (AvgIpc) is 3.41. The van der Waals surface area contributed by atoms with Crippen LogP contribution in [0.1, 0.15) is 45.8 Å². The van der Waals surface area contributed by atoms with Gasteiger partial charge in [0.2, 0.25) is 0 Å². The van der Waals surface area contributed by atoms with Crippen molar-refractivity contribution in [2.24, 2.45) is 0 Å². The summed E-state index contributed by atoms with van der Waals surface area (Å²) in [5.74, 6) is 0. The third-order valence-corrected chi connectivity index (χ3v) is 12.6. The number of hydrogen-bond acceptors (Lipinski definition) is 1. The van der Waals surface area contributed by atoms with Crippen LogP contribution in [0.2, 0.25) is 13.1 Å².